The second-order valence-corrected chi connectivity index (χ2v) is 5.95. The lowest BCUT2D eigenvalue weighted by Crippen LogP contribution is -2.28. The minimum absolute atomic E-state index is 0.122. The van der Waals surface area contributed by atoms with Gasteiger partial charge >= 0.3 is 0 Å². The smallest absolute Gasteiger partial charge is 0.274 e. The second kappa shape index (κ2) is 6.44. The molecule has 2 rings (SSSR count). The molecule has 0 aliphatic heterocycles. The highest BCUT2D eigenvalue weighted by Gasteiger charge is 2.21. The first-order valence-corrected chi connectivity index (χ1v) is 7.38. The van der Waals surface area contributed by atoms with Crippen LogP contribution in [0.15, 0.2) is 10.7 Å². The van der Waals surface area contributed by atoms with Crippen molar-refractivity contribution in [2.45, 2.75) is 40.2 Å². The van der Waals surface area contributed by atoms with Crippen molar-refractivity contribution in [2.75, 3.05) is 7.05 Å². The van der Waals surface area contributed by atoms with Crippen molar-refractivity contribution in [3.05, 3.63) is 39.8 Å². The minimum Gasteiger partial charge on any atom is -0.361 e. The zero-order valence-electron chi connectivity index (χ0n) is 13.3. The lowest BCUT2D eigenvalue weighted by molar-refractivity contribution is 0.0778. The first-order valence-electron chi connectivity index (χ1n) is 7.01. The summed E-state index contributed by atoms with van der Waals surface area (Å²) in [5.74, 6) is 1.17. The van der Waals surface area contributed by atoms with E-state index in [9.17, 15) is 4.79 Å². The molecule has 2 aromatic heterocycles. The summed E-state index contributed by atoms with van der Waals surface area (Å²) in [4.78, 5) is 22.6. The molecule has 0 fully saturated rings. The van der Waals surface area contributed by atoms with Gasteiger partial charge < -0.3 is 9.42 Å². The van der Waals surface area contributed by atoms with E-state index in [1.807, 2.05) is 27.7 Å². The van der Waals surface area contributed by atoms with Crippen LogP contribution in [-0.2, 0) is 6.54 Å². The fourth-order valence-electron chi connectivity index (χ4n) is 2.03. The van der Waals surface area contributed by atoms with Gasteiger partial charge in [-0.15, -0.1) is 0 Å². The number of rotatable bonds is 4. The Labute approximate surface area is 134 Å². The SMILES string of the molecule is Cc1noc(C)c1CN(C)C(=O)c1nc(C(C)C)ncc1Cl. The summed E-state index contributed by atoms with van der Waals surface area (Å²) in [5, 5.41) is 4.14. The van der Waals surface area contributed by atoms with E-state index in [1.165, 1.54) is 6.20 Å². The maximum Gasteiger partial charge on any atom is 0.274 e. The van der Waals surface area contributed by atoms with Gasteiger partial charge in [0.25, 0.3) is 5.91 Å². The molecule has 0 aliphatic rings. The first-order chi connectivity index (χ1) is 10.3. The monoisotopic (exact) mass is 322 g/mol. The minimum atomic E-state index is -0.255. The zero-order chi connectivity index (χ0) is 16.4. The predicted octanol–water partition coefficient (Wildman–Crippen LogP) is 3.13. The molecule has 0 atom stereocenters. The third-order valence-electron chi connectivity index (χ3n) is 3.40. The fourth-order valence-corrected chi connectivity index (χ4v) is 2.20. The molecular weight excluding hydrogens is 304 g/mol. The average molecular weight is 323 g/mol. The number of hydrogen-bond donors (Lipinski definition) is 0. The Balaban J connectivity index is 2.26. The van der Waals surface area contributed by atoms with Crippen LogP contribution in [0.3, 0.4) is 0 Å². The van der Waals surface area contributed by atoms with E-state index in [1.54, 1.807) is 11.9 Å². The summed E-state index contributed by atoms with van der Waals surface area (Å²) in [6.07, 6.45) is 1.47. The molecule has 1 amide bonds. The zero-order valence-corrected chi connectivity index (χ0v) is 14.1. The van der Waals surface area contributed by atoms with Gasteiger partial charge in [0.15, 0.2) is 5.69 Å². The van der Waals surface area contributed by atoms with Gasteiger partial charge in [-0.2, -0.15) is 0 Å². The highest BCUT2D eigenvalue weighted by atomic mass is 35.5. The summed E-state index contributed by atoms with van der Waals surface area (Å²) in [5.41, 5.74) is 1.88. The normalized spacial score (nSPS) is 11.0. The van der Waals surface area contributed by atoms with Crippen molar-refractivity contribution < 1.29 is 9.32 Å². The van der Waals surface area contributed by atoms with Crippen molar-refractivity contribution in [3.63, 3.8) is 0 Å². The molecule has 0 aromatic carbocycles. The number of aryl methyl sites for hydroxylation is 2. The van der Waals surface area contributed by atoms with Crippen molar-refractivity contribution >= 4 is 17.5 Å². The molecule has 2 heterocycles. The Hall–Kier alpha value is -1.95. The summed E-state index contributed by atoms with van der Waals surface area (Å²) in [7, 11) is 1.70. The first kappa shape index (κ1) is 16.4. The molecule has 0 spiro atoms. The Bertz CT molecular complexity index is 677. The van der Waals surface area contributed by atoms with Crippen LogP contribution < -0.4 is 0 Å². The van der Waals surface area contributed by atoms with E-state index in [-0.39, 0.29) is 22.5 Å². The molecule has 2 aromatic rings. The maximum atomic E-state index is 12.6. The van der Waals surface area contributed by atoms with Crippen molar-refractivity contribution in [3.8, 4) is 0 Å². The fraction of sp³-hybridized carbons (Fsp3) is 0.467. The van der Waals surface area contributed by atoms with Gasteiger partial charge in [-0.3, -0.25) is 4.79 Å². The van der Waals surface area contributed by atoms with Crippen LogP contribution in [0.25, 0.3) is 0 Å². The predicted molar refractivity (Wildman–Crippen MR) is 82.9 cm³/mol. The second-order valence-electron chi connectivity index (χ2n) is 5.54. The van der Waals surface area contributed by atoms with Crippen LogP contribution in [0.4, 0.5) is 0 Å². The molecule has 0 aliphatic carbocycles. The van der Waals surface area contributed by atoms with Gasteiger partial charge in [0.2, 0.25) is 0 Å². The highest BCUT2D eigenvalue weighted by Crippen LogP contribution is 2.20. The van der Waals surface area contributed by atoms with Crippen molar-refractivity contribution in [1.82, 2.24) is 20.0 Å². The maximum absolute atomic E-state index is 12.6. The number of nitrogens with zero attached hydrogens (tertiary/aromatic N) is 4. The van der Waals surface area contributed by atoms with Gasteiger partial charge in [-0.25, -0.2) is 9.97 Å². The topological polar surface area (TPSA) is 72.1 Å². The Morgan fingerprint density at radius 3 is 2.64 bits per heavy atom. The standard InChI is InChI=1S/C15H19ClN4O2/c1-8(2)14-17-6-12(16)13(18-14)15(21)20(5)7-11-9(3)19-22-10(11)4/h6,8H,7H2,1-5H3. The average Bonchev–Trinajstić information content (AvgIpc) is 2.78. The number of hydrogen-bond acceptors (Lipinski definition) is 5. The third kappa shape index (κ3) is 3.27. The Morgan fingerprint density at radius 2 is 2.09 bits per heavy atom. The Kier molecular flexibility index (Phi) is 4.81. The molecule has 0 saturated heterocycles. The van der Waals surface area contributed by atoms with Gasteiger partial charge in [-0.1, -0.05) is 30.6 Å². The number of amides is 1. The van der Waals surface area contributed by atoms with E-state index in [0.29, 0.717) is 18.1 Å². The lowest BCUT2D eigenvalue weighted by atomic mass is 10.2. The molecule has 0 saturated carbocycles. The van der Waals surface area contributed by atoms with E-state index in [0.717, 1.165) is 11.3 Å². The van der Waals surface area contributed by atoms with E-state index in [4.69, 9.17) is 16.1 Å². The van der Waals surface area contributed by atoms with Gasteiger partial charge in [0.1, 0.15) is 11.6 Å². The Morgan fingerprint density at radius 1 is 1.41 bits per heavy atom. The molecule has 7 heteroatoms. The van der Waals surface area contributed by atoms with Crippen LogP contribution in [-0.4, -0.2) is 33.0 Å². The van der Waals surface area contributed by atoms with Crippen LogP contribution in [0.5, 0.6) is 0 Å². The molecular formula is C15H19ClN4O2. The molecule has 6 nitrogen and oxygen atoms in total. The van der Waals surface area contributed by atoms with E-state index >= 15 is 0 Å². The molecule has 0 unspecified atom stereocenters. The molecule has 118 valence electrons. The summed E-state index contributed by atoms with van der Waals surface area (Å²) >= 11 is 6.08. The summed E-state index contributed by atoms with van der Waals surface area (Å²) in [6.45, 7) is 7.98. The van der Waals surface area contributed by atoms with Crippen LogP contribution in [0.1, 0.15) is 53.1 Å². The van der Waals surface area contributed by atoms with E-state index in [2.05, 4.69) is 15.1 Å². The number of aromatic nitrogens is 3. The molecule has 0 radical (unpaired) electrons. The number of carbonyl (C=O) groups excluding carboxylic acids is 1. The van der Waals surface area contributed by atoms with Crippen LogP contribution >= 0.6 is 11.6 Å². The highest BCUT2D eigenvalue weighted by molar-refractivity contribution is 6.33. The van der Waals surface area contributed by atoms with Gasteiger partial charge in [0.05, 0.1) is 23.5 Å². The van der Waals surface area contributed by atoms with Crippen LogP contribution in [0.2, 0.25) is 5.02 Å². The van der Waals surface area contributed by atoms with E-state index < -0.39 is 0 Å². The summed E-state index contributed by atoms with van der Waals surface area (Å²) in [6, 6.07) is 0. The largest absolute Gasteiger partial charge is 0.361 e. The van der Waals surface area contributed by atoms with Crippen molar-refractivity contribution in [2.24, 2.45) is 0 Å². The van der Waals surface area contributed by atoms with Gasteiger partial charge in [0, 0.05) is 18.5 Å². The molecule has 0 bridgehead atoms. The summed E-state index contributed by atoms with van der Waals surface area (Å²) < 4.78 is 5.12. The van der Waals surface area contributed by atoms with Crippen molar-refractivity contribution in [1.29, 1.82) is 0 Å². The third-order valence-corrected chi connectivity index (χ3v) is 3.68. The quantitative estimate of drug-likeness (QED) is 0.864. The number of carbonyl (C=O) groups is 1. The molecule has 0 N–H and O–H groups in total. The lowest BCUT2D eigenvalue weighted by Gasteiger charge is -2.17. The van der Waals surface area contributed by atoms with Gasteiger partial charge in [-0.05, 0) is 13.8 Å². The molecule has 22 heavy (non-hydrogen) atoms. The van der Waals surface area contributed by atoms with Crippen LogP contribution in [0, 0.1) is 13.8 Å². The number of halogens is 1.